The van der Waals surface area contributed by atoms with Gasteiger partial charge in [-0.2, -0.15) is 11.8 Å². The highest BCUT2D eigenvalue weighted by molar-refractivity contribution is 7.99. The highest BCUT2D eigenvalue weighted by Gasteiger charge is 2.24. The lowest BCUT2D eigenvalue weighted by Gasteiger charge is -2.33. The number of carbonyl (C=O) groups is 2. The van der Waals surface area contributed by atoms with Crippen molar-refractivity contribution in [3.05, 3.63) is 0 Å². The lowest BCUT2D eigenvalue weighted by Crippen LogP contribution is -2.47. The summed E-state index contributed by atoms with van der Waals surface area (Å²) in [7, 11) is 0. The minimum atomic E-state index is 0.191. The van der Waals surface area contributed by atoms with Gasteiger partial charge in [0.25, 0.3) is 0 Å². The largest absolute Gasteiger partial charge is 0.341 e. The van der Waals surface area contributed by atoms with Gasteiger partial charge in [0.15, 0.2) is 0 Å². The van der Waals surface area contributed by atoms with Gasteiger partial charge in [-0.3, -0.25) is 14.5 Å². The van der Waals surface area contributed by atoms with Crippen molar-refractivity contribution in [1.82, 2.24) is 9.80 Å². The number of piperidine rings is 1. The summed E-state index contributed by atoms with van der Waals surface area (Å²) in [5.74, 6) is 1.60. The Hall–Kier alpha value is -0.550. The Morgan fingerprint density at radius 3 is 2.71 bits per heavy atom. The molecule has 1 atom stereocenters. The number of hydrogen-bond donors (Lipinski definition) is 0. The van der Waals surface area contributed by atoms with Crippen LogP contribution < -0.4 is 0 Å². The molecule has 0 aromatic carbocycles. The second-order valence-electron chi connectivity index (χ2n) is 4.84. The second-order valence-corrected chi connectivity index (χ2v) is 6.38. The Bertz CT molecular complexity index is 299. The van der Waals surface area contributed by atoms with Crippen LogP contribution in [0.2, 0.25) is 0 Å². The van der Waals surface area contributed by atoms with E-state index in [2.05, 4.69) is 11.8 Å². The van der Waals surface area contributed by atoms with Crippen LogP contribution in [0.15, 0.2) is 0 Å². The summed E-state index contributed by atoms with van der Waals surface area (Å²) in [5.41, 5.74) is 0. The summed E-state index contributed by atoms with van der Waals surface area (Å²) in [5, 5.41) is 0.625. The lowest BCUT2D eigenvalue weighted by atomic mass is 10.1. The highest BCUT2D eigenvalue weighted by Crippen LogP contribution is 2.17. The van der Waals surface area contributed by atoms with Gasteiger partial charge in [-0.25, -0.2) is 0 Å². The fraction of sp³-hybridized carbons (Fsp3) is 0.833. The number of hydrogen-bond acceptors (Lipinski definition) is 4. The van der Waals surface area contributed by atoms with E-state index in [1.54, 1.807) is 0 Å². The maximum absolute atomic E-state index is 12.0. The van der Waals surface area contributed by atoms with E-state index >= 15 is 0 Å². The predicted molar refractivity (Wildman–Crippen MR) is 69.2 cm³/mol. The molecular formula is C12H20N2O2S. The fourth-order valence-electron chi connectivity index (χ4n) is 2.33. The molecule has 0 radical (unpaired) electrons. The highest BCUT2D eigenvalue weighted by atomic mass is 32.2. The molecule has 0 aliphatic carbocycles. The van der Waals surface area contributed by atoms with Crippen LogP contribution in [0.25, 0.3) is 0 Å². The number of nitrogens with zero attached hydrogens (tertiary/aromatic N) is 2. The minimum absolute atomic E-state index is 0.191. The van der Waals surface area contributed by atoms with Crippen molar-refractivity contribution in [2.75, 3.05) is 38.5 Å². The molecule has 1 amide bonds. The summed E-state index contributed by atoms with van der Waals surface area (Å²) in [6.07, 6.45) is 1.08. The van der Waals surface area contributed by atoms with Gasteiger partial charge in [-0.15, -0.1) is 0 Å². The Balaban J connectivity index is 1.78. The van der Waals surface area contributed by atoms with Crippen molar-refractivity contribution >= 4 is 23.5 Å². The van der Waals surface area contributed by atoms with Gasteiger partial charge < -0.3 is 4.90 Å². The minimum Gasteiger partial charge on any atom is -0.341 e. The second kappa shape index (κ2) is 5.87. The number of Topliss-reactive ketones (excluding diaryl/α,β-unsaturated/α-hetero) is 1. The van der Waals surface area contributed by atoms with E-state index in [0.29, 0.717) is 37.7 Å². The SMILES string of the molecule is CC1CN(CC(=O)N2CCC(=O)CC2)CCS1. The van der Waals surface area contributed by atoms with E-state index in [0.717, 1.165) is 18.8 Å². The molecule has 0 saturated carbocycles. The molecule has 2 rings (SSSR count). The first-order chi connectivity index (χ1) is 8.15. The Labute approximate surface area is 107 Å². The first kappa shape index (κ1) is 12.9. The third-order valence-electron chi connectivity index (χ3n) is 3.36. The van der Waals surface area contributed by atoms with Crippen LogP contribution in [0.3, 0.4) is 0 Å². The third kappa shape index (κ3) is 3.71. The number of likely N-dealkylation sites (tertiary alicyclic amines) is 1. The number of thioether (sulfide) groups is 1. The predicted octanol–water partition coefficient (Wildman–Crippen LogP) is 0.615. The molecule has 0 N–H and O–H groups in total. The van der Waals surface area contributed by atoms with Crippen LogP contribution in [0.4, 0.5) is 0 Å². The molecule has 96 valence electrons. The van der Waals surface area contributed by atoms with Crippen molar-refractivity contribution < 1.29 is 9.59 Å². The average molecular weight is 256 g/mol. The zero-order valence-corrected chi connectivity index (χ0v) is 11.2. The summed E-state index contributed by atoms with van der Waals surface area (Å²) < 4.78 is 0. The molecule has 2 aliphatic heterocycles. The third-order valence-corrected chi connectivity index (χ3v) is 4.49. The maximum atomic E-state index is 12.0. The van der Waals surface area contributed by atoms with Crippen LogP contribution >= 0.6 is 11.8 Å². The van der Waals surface area contributed by atoms with Crippen LogP contribution in [0.5, 0.6) is 0 Å². The molecule has 0 aromatic heterocycles. The first-order valence-electron chi connectivity index (χ1n) is 6.28. The van der Waals surface area contributed by atoms with Gasteiger partial charge >= 0.3 is 0 Å². The quantitative estimate of drug-likeness (QED) is 0.726. The lowest BCUT2D eigenvalue weighted by molar-refractivity contribution is -0.135. The zero-order chi connectivity index (χ0) is 12.3. The van der Waals surface area contributed by atoms with Crippen LogP contribution in [0.1, 0.15) is 19.8 Å². The molecule has 0 spiro atoms. The van der Waals surface area contributed by atoms with Crippen molar-refractivity contribution in [1.29, 1.82) is 0 Å². The van der Waals surface area contributed by atoms with Gasteiger partial charge in [-0.05, 0) is 0 Å². The molecule has 2 fully saturated rings. The summed E-state index contributed by atoms with van der Waals surface area (Å²) >= 11 is 1.97. The number of ketones is 1. The molecule has 0 aromatic rings. The molecule has 1 unspecified atom stereocenters. The summed E-state index contributed by atoms with van der Waals surface area (Å²) in [6.45, 7) is 5.99. The van der Waals surface area contributed by atoms with Gasteiger partial charge in [0.05, 0.1) is 6.54 Å². The number of rotatable bonds is 2. The van der Waals surface area contributed by atoms with Crippen molar-refractivity contribution in [3.8, 4) is 0 Å². The molecule has 17 heavy (non-hydrogen) atoms. The Morgan fingerprint density at radius 1 is 1.35 bits per heavy atom. The van der Waals surface area contributed by atoms with Crippen LogP contribution in [-0.2, 0) is 9.59 Å². The van der Waals surface area contributed by atoms with Gasteiger partial charge in [0.2, 0.25) is 5.91 Å². The van der Waals surface area contributed by atoms with Crippen molar-refractivity contribution in [2.45, 2.75) is 25.0 Å². The first-order valence-corrected chi connectivity index (χ1v) is 7.33. The molecule has 2 heterocycles. The van der Waals surface area contributed by atoms with E-state index in [-0.39, 0.29) is 11.7 Å². The monoisotopic (exact) mass is 256 g/mol. The molecule has 2 aliphatic rings. The van der Waals surface area contributed by atoms with Crippen molar-refractivity contribution in [2.24, 2.45) is 0 Å². The Kier molecular flexibility index (Phi) is 4.45. The maximum Gasteiger partial charge on any atom is 0.236 e. The fourth-order valence-corrected chi connectivity index (χ4v) is 3.41. The van der Waals surface area contributed by atoms with Crippen LogP contribution in [-0.4, -0.2) is 65.2 Å². The smallest absolute Gasteiger partial charge is 0.236 e. The van der Waals surface area contributed by atoms with E-state index < -0.39 is 0 Å². The van der Waals surface area contributed by atoms with E-state index in [1.165, 1.54) is 0 Å². The molecule has 5 heteroatoms. The normalized spacial score (nSPS) is 27.2. The average Bonchev–Trinajstić information content (AvgIpc) is 2.29. The molecule has 4 nitrogen and oxygen atoms in total. The standard InChI is InChI=1S/C12H20N2O2S/c1-10-8-13(6-7-17-10)9-12(16)14-4-2-11(15)3-5-14/h10H,2-9H2,1H3. The van der Waals surface area contributed by atoms with E-state index in [1.807, 2.05) is 16.7 Å². The summed E-state index contributed by atoms with van der Waals surface area (Å²) in [4.78, 5) is 27.2. The van der Waals surface area contributed by atoms with E-state index in [4.69, 9.17) is 0 Å². The number of carbonyl (C=O) groups excluding carboxylic acids is 2. The van der Waals surface area contributed by atoms with Gasteiger partial charge in [0, 0.05) is 50.0 Å². The number of amides is 1. The molecular weight excluding hydrogens is 236 g/mol. The topological polar surface area (TPSA) is 40.6 Å². The summed E-state index contributed by atoms with van der Waals surface area (Å²) in [6, 6.07) is 0. The molecule has 2 saturated heterocycles. The van der Waals surface area contributed by atoms with Crippen molar-refractivity contribution in [3.63, 3.8) is 0 Å². The van der Waals surface area contributed by atoms with Crippen LogP contribution in [0, 0.1) is 0 Å². The Morgan fingerprint density at radius 2 is 2.06 bits per heavy atom. The molecule has 0 bridgehead atoms. The van der Waals surface area contributed by atoms with Gasteiger partial charge in [-0.1, -0.05) is 6.92 Å². The zero-order valence-electron chi connectivity index (χ0n) is 10.4. The van der Waals surface area contributed by atoms with Gasteiger partial charge in [0.1, 0.15) is 5.78 Å². The van der Waals surface area contributed by atoms with E-state index in [9.17, 15) is 9.59 Å².